The Labute approximate surface area is 91.5 Å². The summed E-state index contributed by atoms with van der Waals surface area (Å²) in [5, 5.41) is 9.54. The lowest BCUT2D eigenvalue weighted by Crippen LogP contribution is -2.39. The lowest BCUT2D eigenvalue weighted by atomic mass is 10.1. The number of hydrogen-bond acceptors (Lipinski definition) is 2. The quantitative estimate of drug-likeness (QED) is 0.811. The van der Waals surface area contributed by atoms with Crippen LogP contribution in [-0.4, -0.2) is 35.7 Å². The Morgan fingerprint density at radius 3 is 2.80 bits per heavy atom. The van der Waals surface area contributed by atoms with Crippen molar-refractivity contribution in [3.8, 4) is 0 Å². The summed E-state index contributed by atoms with van der Waals surface area (Å²) in [4.78, 5) is 2.36. The van der Waals surface area contributed by atoms with E-state index in [4.69, 9.17) is 0 Å². The van der Waals surface area contributed by atoms with Crippen molar-refractivity contribution in [3.63, 3.8) is 0 Å². The van der Waals surface area contributed by atoms with E-state index in [1.807, 2.05) is 6.07 Å². The zero-order chi connectivity index (χ0) is 10.5. The maximum atomic E-state index is 9.54. The molecular weight excluding hydrogens is 186 g/mol. The summed E-state index contributed by atoms with van der Waals surface area (Å²) in [5.74, 6) is 0. The zero-order valence-corrected chi connectivity index (χ0v) is 9.10. The van der Waals surface area contributed by atoms with E-state index in [1.165, 1.54) is 5.56 Å². The third kappa shape index (κ3) is 3.33. The molecule has 0 bridgehead atoms. The van der Waals surface area contributed by atoms with Crippen LogP contribution in [0.3, 0.4) is 0 Å². The van der Waals surface area contributed by atoms with Crippen LogP contribution in [-0.2, 0) is 6.42 Å². The average molecular weight is 205 g/mol. The molecule has 0 aromatic heterocycles. The van der Waals surface area contributed by atoms with Crippen LogP contribution in [0.4, 0.5) is 0 Å². The van der Waals surface area contributed by atoms with Crippen LogP contribution < -0.4 is 0 Å². The molecule has 1 fully saturated rings. The van der Waals surface area contributed by atoms with Gasteiger partial charge >= 0.3 is 0 Å². The summed E-state index contributed by atoms with van der Waals surface area (Å²) in [6.07, 6.45) is 3.10. The molecule has 0 aliphatic carbocycles. The molecule has 0 saturated carbocycles. The van der Waals surface area contributed by atoms with E-state index in [2.05, 4.69) is 29.2 Å². The van der Waals surface area contributed by atoms with E-state index in [1.54, 1.807) is 0 Å². The number of piperidine rings is 1. The largest absolute Gasteiger partial charge is 0.392 e. The Morgan fingerprint density at radius 1 is 1.27 bits per heavy atom. The van der Waals surface area contributed by atoms with Crippen molar-refractivity contribution in [1.29, 1.82) is 0 Å². The fraction of sp³-hybridized carbons (Fsp3) is 0.538. The van der Waals surface area contributed by atoms with E-state index in [0.29, 0.717) is 0 Å². The van der Waals surface area contributed by atoms with Crippen LogP contribution in [0.5, 0.6) is 0 Å². The first-order valence-corrected chi connectivity index (χ1v) is 5.79. The van der Waals surface area contributed by atoms with E-state index < -0.39 is 0 Å². The second-order valence-electron chi connectivity index (χ2n) is 4.33. The SMILES string of the molecule is OC1CCCN(CCc2ccccc2)C1. The van der Waals surface area contributed by atoms with Crippen LogP contribution in [0.1, 0.15) is 18.4 Å². The van der Waals surface area contributed by atoms with Gasteiger partial charge in [-0.2, -0.15) is 0 Å². The van der Waals surface area contributed by atoms with Gasteiger partial charge in [-0.3, -0.25) is 0 Å². The minimum absolute atomic E-state index is 0.102. The minimum atomic E-state index is -0.102. The molecule has 1 N–H and O–H groups in total. The second-order valence-corrected chi connectivity index (χ2v) is 4.33. The smallest absolute Gasteiger partial charge is 0.0667 e. The van der Waals surface area contributed by atoms with Gasteiger partial charge < -0.3 is 10.0 Å². The Morgan fingerprint density at radius 2 is 2.07 bits per heavy atom. The average Bonchev–Trinajstić information content (AvgIpc) is 2.28. The molecule has 1 aliphatic rings. The van der Waals surface area contributed by atoms with Crippen molar-refractivity contribution < 1.29 is 5.11 Å². The van der Waals surface area contributed by atoms with Gasteiger partial charge in [0.1, 0.15) is 0 Å². The summed E-state index contributed by atoms with van der Waals surface area (Å²) >= 11 is 0. The van der Waals surface area contributed by atoms with E-state index >= 15 is 0 Å². The number of β-amino-alcohol motifs (C(OH)–C–C–N with tert-alkyl or cyclic N) is 1. The highest BCUT2D eigenvalue weighted by molar-refractivity contribution is 5.14. The molecule has 0 spiro atoms. The Balaban J connectivity index is 1.78. The summed E-state index contributed by atoms with van der Waals surface area (Å²) in [7, 11) is 0. The van der Waals surface area contributed by atoms with E-state index in [0.717, 1.165) is 38.9 Å². The number of likely N-dealkylation sites (tertiary alicyclic amines) is 1. The predicted octanol–water partition coefficient (Wildman–Crippen LogP) is 1.69. The summed E-state index contributed by atoms with van der Waals surface area (Å²) in [6.45, 7) is 3.07. The molecule has 1 heterocycles. The van der Waals surface area contributed by atoms with Gasteiger partial charge in [-0.1, -0.05) is 30.3 Å². The number of benzene rings is 1. The van der Waals surface area contributed by atoms with Crippen molar-refractivity contribution in [2.75, 3.05) is 19.6 Å². The van der Waals surface area contributed by atoms with Crippen LogP contribution in [0.25, 0.3) is 0 Å². The van der Waals surface area contributed by atoms with Gasteiger partial charge in [0.2, 0.25) is 0 Å². The zero-order valence-electron chi connectivity index (χ0n) is 9.10. The van der Waals surface area contributed by atoms with Gasteiger partial charge in [0, 0.05) is 13.1 Å². The van der Waals surface area contributed by atoms with Crippen LogP contribution in [0.15, 0.2) is 30.3 Å². The fourth-order valence-electron chi connectivity index (χ4n) is 2.17. The first kappa shape index (κ1) is 10.7. The van der Waals surface area contributed by atoms with Gasteiger partial charge in [0.05, 0.1) is 6.10 Å². The van der Waals surface area contributed by atoms with E-state index in [9.17, 15) is 5.11 Å². The second kappa shape index (κ2) is 5.29. The topological polar surface area (TPSA) is 23.5 Å². The molecule has 1 aromatic carbocycles. The van der Waals surface area contributed by atoms with Gasteiger partial charge in [-0.05, 0) is 31.4 Å². The number of rotatable bonds is 3. The lowest BCUT2D eigenvalue weighted by Gasteiger charge is -2.29. The van der Waals surface area contributed by atoms with Gasteiger partial charge in [0.25, 0.3) is 0 Å². The molecule has 1 unspecified atom stereocenters. The van der Waals surface area contributed by atoms with Crippen LogP contribution in [0.2, 0.25) is 0 Å². The molecule has 1 saturated heterocycles. The molecule has 82 valence electrons. The third-order valence-electron chi connectivity index (χ3n) is 3.04. The normalized spacial score (nSPS) is 22.9. The van der Waals surface area contributed by atoms with E-state index in [-0.39, 0.29) is 6.10 Å². The molecular formula is C13H19NO. The first-order chi connectivity index (χ1) is 7.34. The minimum Gasteiger partial charge on any atom is -0.392 e. The molecule has 2 heteroatoms. The fourth-order valence-corrected chi connectivity index (χ4v) is 2.17. The van der Waals surface area contributed by atoms with Crippen molar-refractivity contribution >= 4 is 0 Å². The molecule has 2 rings (SSSR count). The summed E-state index contributed by atoms with van der Waals surface area (Å²) in [5.41, 5.74) is 1.39. The van der Waals surface area contributed by atoms with Crippen molar-refractivity contribution in [3.05, 3.63) is 35.9 Å². The lowest BCUT2D eigenvalue weighted by molar-refractivity contribution is 0.0714. The Hall–Kier alpha value is -0.860. The van der Waals surface area contributed by atoms with Gasteiger partial charge in [0.15, 0.2) is 0 Å². The van der Waals surface area contributed by atoms with Crippen LogP contribution in [0, 0.1) is 0 Å². The number of aliphatic hydroxyl groups excluding tert-OH is 1. The van der Waals surface area contributed by atoms with Gasteiger partial charge in [-0.25, -0.2) is 0 Å². The molecule has 1 aliphatic heterocycles. The van der Waals surface area contributed by atoms with Crippen molar-refractivity contribution in [2.24, 2.45) is 0 Å². The number of nitrogens with zero attached hydrogens (tertiary/aromatic N) is 1. The van der Waals surface area contributed by atoms with Crippen molar-refractivity contribution in [1.82, 2.24) is 4.90 Å². The number of hydrogen-bond donors (Lipinski definition) is 1. The monoisotopic (exact) mass is 205 g/mol. The summed E-state index contributed by atoms with van der Waals surface area (Å²) < 4.78 is 0. The Bertz CT molecular complexity index is 286. The number of aliphatic hydroxyl groups is 1. The summed E-state index contributed by atoms with van der Waals surface area (Å²) in [6, 6.07) is 10.6. The highest BCUT2D eigenvalue weighted by Gasteiger charge is 2.16. The maximum absolute atomic E-state index is 9.54. The van der Waals surface area contributed by atoms with Gasteiger partial charge in [-0.15, -0.1) is 0 Å². The molecule has 15 heavy (non-hydrogen) atoms. The Kier molecular flexibility index (Phi) is 3.75. The first-order valence-electron chi connectivity index (χ1n) is 5.79. The molecule has 0 radical (unpaired) electrons. The molecule has 0 amide bonds. The predicted molar refractivity (Wildman–Crippen MR) is 61.8 cm³/mol. The maximum Gasteiger partial charge on any atom is 0.0667 e. The highest BCUT2D eigenvalue weighted by Crippen LogP contribution is 2.10. The molecule has 2 nitrogen and oxygen atoms in total. The highest BCUT2D eigenvalue weighted by atomic mass is 16.3. The van der Waals surface area contributed by atoms with Crippen molar-refractivity contribution in [2.45, 2.75) is 25.4 Å². The van der Waals surface area contributed by atoms with Crippen LogP contribution >= 0.6 is 0 Å². The third-order valence-corrected chi connectivity index (χ3v) is 3.04. The standard InChI is InChI=1S/C13H19NO/c15-13-7-4-9-14(11-13)10-8-12-5-2-1-3-6-12/h1-3,5-6,13,15H,4,7-11H2. The molecule has 1 atom stereocenters. The molecule has 1 aromatic rings.